The zero-order chi connectivity index (χ0) is 11.5. The first kappa shape index (κ1) is 11.9. The van der Waals surface area contributed by atoms with E-state index in [1.54, 1.807) is 0 Å². The lowest BCUT2D eigenvalue weighted by Gasteiger charge is -2.26. The maximum absolute atomic E-state index is 12.3. The van der Waals surface area contributed by atoms with Crippen LogP contribution in [0, 0.1) is 11.8 Å². The molecule has 2 aliphatic rings. The number of carbonyl (C=O) groups is 1. The van der Waals surface area contributed by atoms with Gasteiger partial charge < -0.3 is 15.0 Å². The molecule has 1 aliphatic carbocycles. The molecule has 0 bridgehead atoms. The van der Waals surface area contributed by atoms with E-state index in [-0.39, 0.29) is 17.9 Å². The molecule has 0 aromatic heterocycles. The van der Waals surface area contributed by atoms with Crippen LogP contribution in [0.3, 0.4) is 0 Å². The number of nitrogens with one attached hydrogen (secondary N) is 1. The fraction of sp³-hybridized carbons (Fsp3) is 0.917. The second-order valence-electron chi connectivity index (χ2n) is 4.86. The lowest BCUT2D eigenvalue weighted by atomic mass is 10.0. The van der Waals surface area contributed by atoms with Gasteiger partial charge in [-0.15, -0.1) is 0 Å². The maximum Gasteiger partial charge on any atom is 0.229 e. The summed E-state index contributed by atoms with van der Waals surface area (Å²) in [6, 6.07) is 0.195. The standard InChI is InChI=1S/C12H22N2O2/c1-3-14(6-9-4-5-9)12(15)10-7-16-8-11(10)13-2/h9-11,13H,3-8H2,1-2H3. The maximum atomic E-state index is 12.3. The van der Waals surface area contributed by atoms with Gasteiger partial charge in [0.1, 0.15) is 0 Å². The van der Waals surface area contributed by atoms with E-state index in [1.165, 1.54) is 12.8 Å². The van der Waals surface area contributed by atoms with Crippen LogP contribution in [0.25, 0.3) is 0 Å². The molecule has 4 nitrogen and oxygen atoms in total. The van der Waals surface area contributed by atoms with E-state index in [2.05, 4.69) is 12.2 Å². The molecule has 2 rings (SSSR count). The number of rotatable bonds is 5. The summed E-state index contributed by atoms with van der Waals surface area (Å²) in [7, 11) is 1.90. The first-order valence-electron chi connectivity index (χ1n) is 6.30. The number of likely N-dealkylation sites (N-methyl/N-ethyl adjacent to an activating group) is 1. The topological polar surface area (TPSA) is 41.6 Å². The Hall–Kier alpha value is -0.610. The number of carbonyl (C=O) groups excluding carboxylic acids is 1. The molecule has 0 radical (unpaired) electrons. The third-order valence-electron chi connectivity index (χ3n) is 3.64. The molecule has 0 aromatic rings. The van der Waals surface area contributed by atoms with Crippen molar-refractivity contribution in [2.75, 3.05) is 33.4 Å². The van der Waals surface area contributed by atoms with Gasteiger partial charge in [0.15, 0.2) is 0 Å². The molecule has 92 valence electrons. The molecule has 1 amide bonds. The van der Waals surface area contributed by atoms with Crippen LogP contribution in [-0.2, 0) is 9.53 Å². The van der Waals surface area contributed by atoms with E-state index < -0.39 is 0 Å². The number of hydrogen-bond donors (Lipinski definition) is 1. The van der Waals surface area contributed by atoms with Gasteiger partial charge in [0.2, 0.25) is 5.91 Å². The Morgan fingerprint density at radius 3 is 2.75 bits per heavy atom. The van der Waals surface area contributed by atoms with Crippen LogP contribution >= 0.6 is 0 Å². The molecular formula is C12H22N2O2. The SMILES string of the molecule is CCN(CC1CC1)C(=O)C1COCC1NC. The Morgan fingerprint density at radius 1 is 1.44 bits per heavy atom. The van der Waals surface area contributed by atoms with Crippen molar-refractivity contribution in [1.29, 1.82) is 0 Å². The summed E-state index contributed by atoms with van der Waals surface area (Å²) in [5.41, 5.74) is 0. The van der Waals surface area contributed by atoms with E-state index in [0.29, 0.717) is 13.2 Å². The Bertz CT molecular complexity index is 253. The van der Waals surface area contributed by atoms with Crippen molar-refractivity contribution in [3.63, 3.8) is 0 Å². The van der Waals surface area contributed by atoms with Crippen LogP contribution in [0.15, 0.2) is 0 Å². The smallest absolute Gasteiger partial charge is 0.229 e. The summed E-state index contributed by atoms with van der Waals surface area (Å²) in [6.45, 7) is 5.06. The highest BCUT2D eigenvalue weighted by Crippen LogP contribution is 2.30. The normalized spacial score (nSPS) is 29.4. The molecule has 0 aromatic carbocycles. The van der Waals surface area contributed by atoms with E-state index in [1.807, 2.05) is 11.9 Å². The van der Waals surface area contributed by atoms with Crippen LogP contribution in [0.5, 0.6) is 0 Å². The van der Waals surface area contributed by atoms with Crippen LogP contribution in [0.4, 0.5) is 0 Å². The largest absolute Gasteiger partial charge is 0.379 e. The quantitative estimate of drug-likeness (QED) is 0.741. The first-order valence-corrected chi connectivity index (χ1v) is 6.30. The second-order valence-corrected chi connectivity index (χ2v) is 4.86. The molecule has 2 atom stereocenters. The number of amides is 1. The molecule has 2 fully saturated rings. The van der Waals surface area contributed by atoms with Crippen molar-refractivity contribution in [2.45, 2.75) is 25.8 Å². The molecule has 16 heavy (non-hydrogen) atoms. The highest BCUT2D eigenvalue weighted by molar-refractivity contribution is 5.80. The van der Waals surface area contributed by atoms with Gasteiger partial charge in [-0.3, -0.25) is 4.79 Å². The minimum Gasteiger partial charge on any atom is -0.379 e. The van der Waals surface area contributed by atoms with Crippen molar-refractivity contribution in [3.05, 3.63) is 0 Å². The van der Waals surface area contributed by atoms with Crippen LogP contribution < -0.4 is 5.32 Å². The van der Waals surface area contributed by atoms with Crippen molar-refractivity contribution in [3.8, 4) is 0 Å². The zero-order valence-electron chi connectivity index (χ0n) is 10.2. The lowest BCUT2D eigenvalue weighted by Crippen LogP contribution is -2.45. The number of nitrogens with zero attached hydrogens (tertiary/aromatic N) is 1. The Kier molecular flexibility index (Phi) is 3.82. The third-order valence-corrected chi connectivity index (χ3v) is 3.64. The van der Waals surface area contributed by atoms with E-state index in [4.69, 9.17) is 4.74 Å². The lowest BCUT2D eigenvalue weighted by molar-refractivity contribution is -0.136. The highest BCUT2D eigenvalue weighted by atomic mass is 16.5. The van der Waals surface area contributed by atoms with Crippen molar-refractivity contribution >= 4 is 5.91 Å². The average molecular weight is 226 g/mol. The monoisotopic (exact) mass is 226 g/mol. The minimum atomic E-state index is 0.0173. The average Bonchev–Trinajstić information content (AvgIpc) is 2.99. The van der Waals surface area contributed by atoms with Gasteiger partial charge in [-0.1, -0.05) is 0 Å². The molecule has 0 spiro atoms. The molecule has 1 N–H and O–H groups in total. The zero-order valence-corrected chi connectivity index (χ0v) is 10.2. The Balaban J connectivity index is 1.92. The van der Waals surface area contributed by atoms with Crippen molar-refractivity contribution in [2.24, 2.45) is 11.8 Å². The van der Waals surface area contributed by atoms with Gasteiger partial charge in [-0.05, 0) is 32.7 Å². The Morgan fingerprint density at radius 2 is 2.19 bits per heavy atom. The van der Waals surface area contributed by atoms with Gasteiger partial charge in [-0.2, -0.15) is 0 Å². The fourth-order valence-electron chi connectivity index (χ4n) is 2.30. The summed E-state index contributed by atoms with van der Waals surface area (Å²) in [4.78, 5) is 14.3. The summed E-state index contributed by atoms with van der Waals surface area (Å²) in [5, 5.41) is 3.17. The van der Waals surface area contributed by atoms with E-state index in [9.17, 15) is 4.79 Å². The van der Waals surface area contributed by atoms with Crippen LogP contribution in [-0.4, -0.2) is 50.2 Å². The molecule has 1 saturated heterocycles. The summed E-state index contributed by atoms with van der Waals surface area (Å²) in [5.74, 6) is 1.05. The van der Waals surface area contributed by atoms with Crippen LogP contribution in [0.1, 0.15) is 19.8 Å². The van der Waals surface area contributed by atoms with Crippen molar-refractivity contribution < 1.29 is 9.53 Å². The fourth-order valence-corrected chi connectivity index (χ4v) is 2.30. The molecule has 1 heterocycles. The van der Waals surface area contributed by atoms with Gasteiger partial charge in [0, 0.05) is 19.1 Å². The van der Waals surface area contributed by atoms with Gasteiger partial charge >= 0.3 is 0 Å². The van der Waals surface area contributed by atoms with Gasteiger partial charge in [0.25, 0.3) is 0 Å². The summed E-state index contributed by atoms with van der Waals surface area (Å²) < 4.78 is 5.39. The van der Waals surface area contributed by atoms with E-state index in [0.717, 1.165) is 19.0 Å². The number of ether oxygens (including phenoxy) is 1. The third kappa shape index (κ3) is 2.55. The minimum absolute atomic E-state index is 0.0173. The van der Waals surface area contributed by atoms with Gasteiger partial charge in [-0.25, -0.2) is 0 Å². The van der Waals surface area contributed by atoms with E-state index >= 15 is 0 Å². The second kappa shape index (κ2) is 5.15. The summed E-state index contributed by atoms with van der Waals surface area (Å²) in [6.07, 6.45) is 2.58. The molecule has 2 unspecified atom stereocenters. The number of hydrogen-bond acceptors (Lipinski definition) is 3. The highest BCUT2D eigenvalue weighted by Gasteiger charge is 2.36. The predicted octanol–water partition coefficient (Wildman–Crippen LogP) is 0.479. The molecule has 1 saturated carbocycles. The van der Waals surface area contributed by atoms with Crippen molar-refractivity contribution in [1.82, 2.24) is 10.2 Å². The molecule has 1 aliphatic heterocycles. The molecular weight excluding hydrogens is 204 g/mol. The molecule has 4 heteroatoms. The predicted molar refractivity (Wildman–Crippen MR) is 62.1 cm³/mol. The first-order chi connectivity index (χ1) is 7.76. The van der Waals surface area contributed by atoms with Gasteiger partial charge in [0.05, 0.1) is 19.1 Å². The Labute approximate surface area is 97.3 Å². The summed E-state index contributed by atoms with van der Waals surface area (Å²) >= 11 is 0. The van der Waals surface area contributed by atoms with Crippen LogP contribution in [0.2, 0.25) is 0 Å².